The van der Waals surface area contributed by atoms with Gasteiger partial charge in [0.05, 0.1) is 16.1 Å². The molecule has 0 radical (unpaired) electrons. The lowest BCUT2D eigenvalue weighted by Gasteiger charge is -2.18. The van der Waals surface area contributed by atoms with Crippen molar-refractivity contribution in [1.82, 2.24) is 15.3 Å². The van der Waals surface area contributed by atoms with Gasteiger partial charge in [-0.1, -0.05) is 44.5 Å². The largest absolute Gasteiger partial charge is 0.338 e. The van der Waals surface area contributed by atoms with Crippen LogP contribution in [-0.2, 0) is 4.79 Å². The third kappa shape index (κ3) is 4.03. The molecule has 0 bridgehead atoms. The molecule has 0 saturated heterocycles. The number of imidazole rings is 1. The van der Waals surface area contributed by atoms with E-state index in [0.29, 0.717) is 16.5 Å². The fraction of sp³-hybridized carbons (Fsp3) is 0.211. The number of carbonyl (C=O) groups excluding carboxylic acids is 1. The number of nitrogens with one attached hydrogen (secondary N) is 3. The zero-order chi connectivity index (χ0) is 18.9. The number of amides is 1. The van der Waals surface area contributed by atoms with Gasteiger partial charge in [-0.05, 0) is 42.5 Å². The van der Waals surface area contributed by atoms with Crippen molar-refractivity contribution >= 4 is 51.6 Å². The minimum Gasteiger partial charge on any atom is -0.338 e. The monoisotopic (exact) mass is 386 g/mol. The molecule has 0 atom stereocenters. The predicted molar refractivity (Wildman–Crippen MR) is 110 cm³/mol. The molecular formula is C19H19ClN4OS. The maximum atomic E-state index is 12.0. The smallest absolute Gasteiger partial charge is 0.231 e. The standard InChI is InChI=1S/C19H19ClN4OS/c1-19(2,3)17(25)24-18(26)21-11-8-9-13(20)12(10-11)16-22-14-6-4-5-7-15(14)23-16/h4-10H,1-3H3,(H,22,23)(H2,21,24,25,26). The van der Waals surface area contributed by atoms with E-state index in [9.17, 15) is 4.79 Å². The number of aromatic amines is 1. The van der Waals surface area contributed by atoms with E-state index in [1.54, 1.807) is 12.1 Å². The molecule has 7 heteroatoms. The van der Waals surface area contributed by atoms with Crippen LogP contribution in [0.25, 0.3) is 22.4 Å². The highest BCUT2D eigenvalue weighted by Gasteiger charge is 2.22. The fourth-order valence-corrected chi connectivity index (χ4v) is 2.74. The maximum Gasteiger partial charge on any atom is 0.231 e. The number of aromatic nitrogens is 2. The third-order valence-corrected chi connectivity index (χ3v) is 4.31. The molecule has 0 saturated carbocycles. The van der Waals surface area contributed by atoms with Gasteiger partial charge in [0.15, 0.2) is 5.11 Å². The van der Waals surface area contributed by atoms with Gasteiger partial charge in [0.1, 0.15) is 5.82 Å². The number of halogens is 1. The molecule has 3 N–H and O–H groups in total. The number of benzene rings is 2. The first-order chi connectivity index (χ1) is 12.2. The number of hydrogen-bond acceptors (Lipinski definition) is 3. The first kappa shape index (κ1) is 18.4. The summed E-state index contributed by atoms with van der Waals surface area (Å²) in [5, 5.41) is 6.51. The molecule has 3 rings (SSSR count). The highest BCUT2D eigenvalue weighted by atomic mass is 35.5. The van der Waals surface area contributed by atoms with Crippen LogP contribution in [0.1, 0.15) is 20.8 Å². The van der Waals surface area contributed by atoms with Gasteiger partial charge in [-0.25, -0.2) is 4.98 Å². The summed E-state index contributed by atoms with van der Waals surface area (Å²) in [5.74, 6) is 0.519. The molecule has 5 nitrogen and oxygen atoms in total. The van der Waals surface area contributed by atoms with E-state index in [4.69, 9.17) is 23.8 Å². The van der Waals surface area contributed by atoms with Crippen molar-refractivity contribution in [2.24, 2.45) is 5.41 Å². The summed E-state index contributed by atoms with van der Waals surface area (Å²) in [6, 6.07) is 13.2. The van der Waals surface area contributed by atoms with Gasteiger partial charge >= 0.3 is 0 Å². The second-order valence-electron chi connectivity index (χ2n) is 6.96. The predicted octanol–water partition coefficient (Wildman–Crippen LogP) is 4.74. The van der Waals surface area contributed by atoms with E-state index in [1.807, 2.05) is 51.1 Å². The minimum absolute atomic E-state index is 0.151. The Hall–Kier alpha value is -2.44. The second-order valence-corrected chi connectivity index (χ2v) is 7.77. The summed E-state index contributed by atoms with van der Waals surface area (Å²) < 4.78 is 0. The number of hydrogen-bond donors (Lipinski definition) is 3. The average Bonchev–Trinajstić information content (AvgIpc) is 2.99. The molecule has 0 spiro atoms. The lowest BCUT2D eigenvalue weighted by molar-refractivity contribution is -0.126. The summed E-state index contributed by atoms with van der Waals surface area (Å²) in [5.41, 5.74) is 2.74. The van der Waals surface area contributed by atoms with E-state index in [0.717, 1.165) is 16.6 Å². The first-order valence-electron chi connectivity index (χ1n) is 8.11. The van der Waals surface area contributed by atoms with Gasteiger partial charge in [-0.3, -0.25) is 4.79 Å². The Bertz CT molecular complexity index is 958. The summed E-state index contributed by atoms with van der Waals surface area (Å²) in [6.45, 7) is 5.48. The van der Waals surface area contributed by atoms with Crippen LogP contribution in [0, 0.1) is 5.41 Å². The van der Waals surface area contributed by atoms with Crippen molar-refractivity contribution in [2.75, 3.05) is 5.32 Å². The van der Waals surface area contributed by atoms with Crippen LogP contribution >= 0.6 is 23.8 Å². The minimum atomic E-state index is -0.523. The van der Waals surface area contributed by atoms with Crippen molar-refractivity contribution in [1.29, 1.82) is 0 Å². The summed E-state index contributed by atoms with van der Waals surface area (Å²) >= 11 is 11.6. The van der Waals surface area contributed by atoms with E-state index >= 15 is 0 Å². The lowest BCUT2D eigenvalue weighted by atomic mass is 9.96. The summed E-state index contributed by atoms with van der Waals surface area (Å²) in [4.78, 5) is 19.9. The maximum absolute atomic E-state index is 12.0. The highest BCUT2D eigenvalue weighted by molar-refractivity contribution is 7.80. The fourth-order valence-electron chi connectivity index (χ4n) is 2.32. The van der Waals surface area contributed by atoms with Gasteiger partial charge < -0.3 is 15.6 Å². The van der Waals surface area contributed by atoms with Crippen LogP contribution in [0.2, 0.25) is 5.02 Å². The molecule has 1 amide bonds. The molecular weight excluding hydrogens is 368 g/mol. The van der Waals surface area contributed by atoms with E-state index in [1.165, 1.54) is 0 Å². The second kappa shape index (κ2) is 7.05. The Balaban J connectivity index is 1.84. The molecule has 134 valence electrons. The van der Waals surface area contributed by atoms with E-state index in [-0.39, 0.29) is 11.0 Å². The molecule has 0 aliphatic rings. The molecule has 0 fully saturated rings. The Morgan fingerprint density at radius 3 is 2.62 bits per heavy atom. The number of fused-ring (bicyclic) bond motifs is 1. The van der Waals surface area contributed by atoms with E-state index in [2.05, 4.69) is 20.6 Å². The number of anilines is 1. The quantitative estimate of drug-likeness (QED) is 0.556. The van der Waals surface area contributed by atoms with Crippen LogP contribution < -0.4 is 10.6 Å². The molecule has 2 aromatic carbocycles. The molecule has 0 aliphatic carbocycles. The summed E-state index contributed by atoms with van der Waals surface area (Å²) in [7, 11) is 0. The Kier molecular flexibility index (Phi) is 4.98. The van der Waals surface area contributed by atoms with Crippen LogP contribution in [-0.4, -0.2) is 21.0 Å². The number of nitrogens with zero attached hydrogens (tertiary/aromatic N) is 1. The third-order valence-electron chi connectivity index (χ3n) is 3.78. The Morgan fingerprint density at radius 1 is 1.19 bits per heavy atom. The van der Waals surface area contributed by atoms with Crippen LogP contribution in [0.5, 0.6) is 0 Å². The topological polar surface area (TPSA) is 69.8 Å². The number of thiocarbonyl (C=S) groups is 1. The zero-order valence-electron chi connectivity index (χ0n) is 14.7. The number of H-pyrrole nitrogens is 1. The Labute approximate surface area is 162 Å². The molecule has 0 aliphatic heterocycles. The molecule has 0 unspecified atom stereocenters. The van der Waals surface area contributed by atoms with Gasteiger partial charge in [0.25, 0.3) is 0 Å². The number of rotatable bonds is 2. The molecule has 1 heterocycles. The van der Waals surface area contributed by atoms with Gasteiger partial charge in [-0.2, -0.15) is 0 Å². The SMILES string of the molecule is CC(C)(C)C(=O)NC(=S)Nc1ccc(Cl)c(-c2nc3ccccc3[nH]2)c1. The number of para-hydroxylation sites is 2. The molecule has 26 heavy (non-hydrogen) atoms. The van der Waals surface area contributed by atoms with Crippen molar-refractivity contribution in [2.45, 2.75) is 20.8 Å². The summed E-state index contributed by atoms with van der Waals surface area (Å²) in [6.07, 6.45) is 0. The van der Waals surface area contributed by atoms with Crippen LogP contribution in [0.3, 0.4) is 0 Å². The highest BCUT2D eigenvalue weighted by Crippen LogP contribution is 2.30. The van der Waals surface area contributed by atoms with Crippen molar-refractivity contribution < 1.29 is 4.79 Å². The van der Waals surface area contributed by atoms with E-state index < -0.39 is 5.41 Å². The van der Waals surface area contributed by atoms with Gasteiger partial charge in [0.2, 0.25) is 5.91 Å². The number of carbonyl (C=O) groups is 1. The zero-order valence-corrected chi connectivity index (χ0v) is 16.3. The van der Waals surface area contributed by atoms with Crippen molar-refractivity contribution in [3.63, 3.8) is 0 Å². The van der Waals surface area contributed by atoms with Gasteiger partial charge in [-0.15, -0.1) is 0 Å². The molecule has 1 aromatic heterocycles. The van der Waals surface area contributed by atoms with Crippen LogP contribution in [0.15, 0.2) is 42.5 Å². The van der Waals surface area contributed by atoms with Crippen molar-refractivity contribution in [3.8, 4) is 11.4 Å². The Morgan fingerprint density at radius 2 is 1.92 bits per heavy atom. The molecule has 3 aromatic rings. The normalized spacial score (nSPS) is 11.4. The first-order valence-corrected chi connectivity index (χ1v) is 8.90. The van der Waals surface area contributed by atoms with Crippen LogP contribution in [0.4, 0.5) is 5.69 Å². The lowest BCUT2D eigenvalue weighted by Crippen LogP contribution is -2.41. The van der Waals surface area contributed by atoms with Gasteiger partial charge in [0, 0.05) is 16.7 Å². The average molecular weight is 387 g/mol. The van der Waals surface area contributed by atoms with Crippen molar-refractivity contribution in [3.05, 3.63) is 47.5 Å².